The maximum Gasteiger partial charge on any atom is 0.256 e. The van der Waals surface area contributed by atoms with Crippen molar-refractivity contribution in [2.24, 2.45) is 0 Å². The Bertz CT molecular complexity index is 1160. The third-order valence-electron chi connectivity index (χ3n) is 6.15. The first-order chi connectivity index (χ1) is 16.8. The summed E-state index contributed by atoms with van der Waals surface area (Å²) in [6.07, 6.45) is 5.18. The van der Waals surface area contributed by atoms with Crippen molar-refractivity contribution in [3.8, 4) is 11.1 Å². The molecule has 0 aliphatic carbocycles. The lowest BCUT2D eigenvalue weighted by atomic mass is 9.91. The highest BCUT2D eigenvalue weighted by molar-refractivity contribution is 5.99. The molecule has 1 fully saturated rings. The Kier molecular flexibility index (Phi) is 8.66. The van der Waals surface area contributed by atoms with Crippen LogP contribution < -0.4 is 16.0 Å². The molecule has 1 aliphatic heterocycles. The van der Waals surface area contributed by atoms with Crippen LogP contribution in [0.4, 0.5) is 10.1 Å². The minimum atomic E-state index is -0.307. The van der Waals surface area contributed by atoms with Crippen LogP contribution in [0, 0.1) is 5.82 Å². The Hall–Kier alpha value is -3.64. The highest BCUT2D eigenvalue weighted by Crippen LogP contribution is 2.37. The monoisotopic (exact) mass is 474 g/mol. The second kappa shape index (κ2) is 11.7. The van der Waals surface area contributed by atoms with Gasteiger partial charge in [-0.15, -0.1) is 0 Å². The van der Waals surface area contributed by atoms with Gasteiger partial charge in [0.15, 0.2) is 0 Å². The maximum atomic E-state index is 14.8. The summed E-state index contributed by atoms with van der Waals surface area (Å²) in [6.45, 7) is 13.3. The van der Waals surface area contributed by atoms with Crippen LogP contribution in [-0.2, 0) is 4.79 Å². The van der Waals surface area contributed by atoms with E-state index >= 15 is 0 Å². The van der Waals surface area contributed by atoms with Gasteiger partial charge in [-0.3, -0.25) is 4.79 Å². The van der Waals surface area contributed by atoms with Gasteiger partial charge in [0.05, 0.1) is 5.57 Å². The fourth-order valence-electron chi connectivity index (χ4n) is 4.62. The molecule has 0 bridgehead atoms. The Morgan fingerprint density at radius 1 is 1.03 bits per heavy atom. The van der Waals surface area contributed by atoms with Crippen LogP contribution in [0.3, 0.4) is 0 Å². The van der Waals surface area contributed by atoms with Crippen LogP contribution in [0.5, 0.6) is 0 Å². The van der Waals surface area contributed by atoms with Gasteiger partial charge in [0, 0.05) is 61.8 Å². The number of carbonyl (C=O) groups excluding carboxylic acids is 1. The maximum absolute atomic E-state index is 14.8. The fourth-order valence-corrected chi connectivity index (χ4v) is 4.62. The molecule has 184 valence electrons. The Morgan fingerprint density at radius 3 is 2.26 bits per heavy atom. The van der Waals surface area contributed by atoms with E-state index in [2.05, 4.69) is 43.0 Å². The summed E-state index contributed by atoms with van der Waals surface area (Å²) in [5.41, 5.74) is 4.67. The molecule has 6 heteroatoms. The topological polar surface area (TPSA) is 56.4 Å². The molecule has 2 unspecified atom stereocenters. The first-order valence-corrected chi connectivity index (χ1v) is 11.8. The quantitative estimate of drug-likeness (QED) is 0.373. The number of carbonyl (C=O) groups is 1. The molecule has 1 aliphatic rings. The molecule has 0 aromatic heterocycles. The Balaban J connectivity index is 2.16. The highest BCUT2D eigenvalue weighted by Gasteiger charge is 2.27. The zero-order valence-corrected chi connectivity index (χ0v) is 21.0. The van der Waals surface area contributed by atoms with E-state index in [4.69, 9.17) is 0 Å². The van der Waals surface area contributed by atoms with Gasteiger partial charge in [0.25, 0.3) is 5.91 Å². The van der Waals surface area contributed by atoms with E-state index in [9.17, 15) is 9.18 Å². The first-order valence-electron chi connectivity index (χ1n) is 11.8. The smallest absolute Gasteiger partial charge is 0.256 e. The van der Waals surface area contributed by atoms with Crippen LogP contribution in [0.2, 0.25) is 0 Å². The number of anilines is 1. The average molecular weight is 475 g/mol. The predicted molar refractivity (Wildman–Crippen MR) is 144 cm³/mol. The summed E-state index contributed by atoms with van der Waals surface area (Å²) < 4.78 is 14.8. The van der Waals surface area contributed by atoms with Crippen molar-refractivity contribution in [3.63, 3.8) is 0 Å². The number of piperazine rings is 1. The van der Waals surface area contributed by atoms with Gasteiger partial charge >= 0.3 is 0 Å². The summed E-state index contributed by atoms with van der Waals surface area (Å²) in [5.74, 6) is -0.390. The molecular weight excluding hydrogens is 439 g/mol. The van der Waals surface area contributed by atoms with Crippen molar-refractivity contribution >= 4 is 17.2 Å². The van der Waals surface area contributed by atoms with Gasteiger partial charge in [-0.1, -0.05) is 55.6 Å². The predicted octanol–water partition coefficient (Wildman–Crippen LogP) is 4.97. The highest BCUT2D eigenvalue weighted by atomic mass is 19.1. The zero-order chi connectivity index (χ0) is 25.5. The molecule has 3 N–H and O–H groups in total. The SMILES string of the molecule is C=C/C(=C\C(NC)=C(\C=C)C(=O)N1CC(C)NC(C)C1)c1c(NC)cccc1-c1ccccc1F. The summed E-state index contributed by atoms with van der Waals surface area (Å²) >= 11 is 0. The average Bonchev–Trinajstić information content (AvgIpc) is 2.85. The second-order valence-electron chi connectivity index (χ2n) is 8.72. The number of hydrogen-bond acceptors (Lipinski definition) is 4. The molecule has 0 radical (unpaired) electrons. The number of likely N-dealkylation sites (N-methyl/N-ethyl adjacent to an activating group) is 1. The van der Waals surface area contributed by atoms with Gasteiger partial charge in [0.2, 0.25) is 0 Å². The third kappa shape index (κ3) is 5.72. The number of rotatable bonds is 8. The minimum absolute atomic E-state index is 0.0829. The van der Waals surface area contributed by atoms with Crippen LogP contribution in [-0.4, -0.2) is 50.1 Å². The molecule has 0 saturated carbocycles. The van der Waals surface area contributed by atoms with E-state index in [1.54, 1.807) is 31.3 Å². The number of nitrogens with zero attached hydrogens (tertiary/aromatic N) is 1. The van der Waals surface area contributed by atoms with Gasteiger partial charge < -0.3 is 20.9 Å². The molecular formula is C29H35FN4O. The largest absolute Gasteiger partial charge is 0.388 e. The lowest BCUT2D eigenvalue weighted by Gasteiger charge is -2.36. The van der Waals surface area contributed by atoms with Gasteiger partial charge in [0.1, 0.15) is 5.82 Å². The molecule has 2 aromatic rings. The number of allylic oxidation sites excluding steroid dienone is 3. The van der Waals surface area contributed by atoms with Crippen molar-refractivity contribution in [1.29, 1.82) is 0 Å². The molecule has 35 heavy (non-hydrogen) atoms. The number of benzene rings is 2. The molecule has 1 heterocycles. The van der Waals surface area contributed by atoms with E-state index in [1.165, 1.54) is 6.07 Å². The van der Waals surface area contributed by atoms with Gasteiger partial charge in [-0.2, -0.15) is 0 Å². The number of halogens is 1. The summed E-state index contributed by atoms with van der Waals surface area (Å²) in [5, 5.41) is 9.83. The standard InChI is InChI=1S/C29H35FN4O/c1-7-21(28-24(13-11-15-26(28)31-5)23-12-9-10-14-25(23)30)16-27(32-6)22(8-2)29(35)34-17-19(3)33-20(4)18-34/h7-16,19-20,31-33H,1-2,17-18H2,3-6H3/b21-16+,27-22+. The van der Waals surface area contributed by atoms with E-state index in [-0.39, 0.29) is 23.8 Å². The van der Waals surface area contributed by atoms with Crippen molar-refractivity contribution in [3.05, 3.63) is 96.5 Å². The molecule has 1 saturated heterocycles. The van der Waals surface area contributed by atoms with Crippen LogP contribution in [0.25, 0.3) is 16.7 Å². The number of hydrogen-bond donors (Lipinski definition) is 3. The summed E-state index contributed by atoms with van der Waals surface area (Å²) in [4.78, 5) is 15.4. The fraction of sp³-hybridized carbons (Fsp3) is 0.276. The molecule has 2 atom stereocenters. The molecule has 2 aromatic carbocycles. The van der Waals surface area contributed by atoms with Crippen LogP contribution in [0.15, 0.2) is 85.1 Å². The lowest BCUT2D eigenvalue weighted by molar-refractivity contribution is -0.128. The Morgan fingerprint density at radius 2 is 1.69 bits per heavy atom. The van der Waals surface area contributed by atoms with Crippen molar-refractivity contribution in [2.45, 2.75) is 25.9 Å². The number of nitrogens with one attached hydrogen (secondary N) is 3. The van der Waals surface area contributed by atoms with Crippen LogP contribution in [0.1, 0.15) is 19.4 Å². The van der Waals surface area contributed by atoms with Crippen LogP contribution >= 0.6 is 0 Å². The minimum Gasteiger partial charge on any atom is -0.388 e. The van der Waals surface area contributed by atoms with E-state index < -0.39 is 0 Å². The van der Waals surface area contributed by atoms with Crippen molar-refractivity contribution in [1.82, 2.24) is 15.5 Å². The summed E-state index contributed by atoms with van der Waals surface area (Å²) in [6, 6.07) is 12.8. The molecule has 0 spiro atoms. The molecule has 5 nitrogen and oxygen atoms in total. The van der Waals surface area contributed by atoms with Gasteiger partial charge in [-0.05, 0) is 43.2 Å². The Labute approximate surface area is 208 Å². The molecule has 1 amide bonds. The van der Waals surface area contributed by atoms with Crippen molar-refractivity contribution < 1.29 is 9.18 Å². The summed E-state index contributed by atoms with van der Waals surface area (Å²) in [7, 11) is 3.60. The lowest BCUT2D eigenvalue weighted by Crippen LogP contribution is -2.56. The first kappa shape index (κ1) is 26.0. The van der Waals surface area contributed by atoms with E-state index in [0.717, 1.165) is 22.4 Å². The zero-order valence-electron chi connectivity index (χ0n) is 21.0. The van der Waals surface area contributed by atoms with Crippen molar-refractivity contribution in [2.75, 3.05) is 32.5 Å². The molecule has 3 rings (SSSR count). The van der Waals surface area contributed by atoms with E-state index in [0.29, 0.717) is 29.9 Å². The third-order valence-corrected chi connectivity index (χ3v) is 6.15. The van der Waals surface area contributed by atoms with Gasteiger partial charge in [-0.25, -0.2) is 4.39 Å². The normalized spacial score (nSPS) is 19.0. The number of amides is 1. The van der Waals surface area contributed by atoms with E-state index in [1.807, 2.05) is 42.3 Å². The second-order valence-corrected chi connectivity index (χ2v) is 8.72.